The van der Waals surface area contributed by atoms with E-state index in [0.29, 0.717) is 90.4 Å². The van der Waals surface area contributed by atoms with E-state index in [1.165, 1.54) is 12.0 Å². The number of benzene rings is 2. The first-order valence-corrected chi connectivity index (χ1v) is 22.4. The van der Waals surface area contributed by atoms with Gasteiger partial charge in [0.05, 0.1) is 51.5 Å². The third kappa shape index (κ3) is 9.96. The van der Waals surface area contributed by atoms with Crippen LogP contribution < -0.4 is 41.1 Å². The average Bonchev–Trinajstić information content (AvgIpc) is 4.09. The summed E-state index contributed by atoms with van der Waals surface area (Å²) in [5.41, 5.74) is 3.80. The van der Waals surface area contributed by atoms with Crippen LogP contribution in [0.5, 0.6) is 5.75 Å². The van der Waals surface area contributed by atoms with E-state index in [9.17, 15) is 28.8 Å². The summed E-state index contributed by atoms with van der Waals surface area (Å²) in [4.78, 5) is 91.0. The minimum atomic E-state index is -0.733. The van der Waals surface area contributed by atoms with Gasteiger partial charge in [0, 0.05) is 67.9 Å². The Bertz CT molecular complexity index is 2490. The summed E-state index contributed by atoms with van der Waals surface area (Å²) in [5, 5.41) is 22.8. The van der Waals surface area contributed by atoms with Crippen molar-refractivity contribution in [3.63, 3.8) is 0 Å². The second-order valence-electron chi connectivity index (χ2n) is 16.7. The maximum Gasteiger partial charge on any atom is 0.255 e. The van der Waals surface area contributed by atoms with Crippen molar-refractivity contribution < 1.29 is 38.2 Å². The predicted molar refractivity (Wildman–Crippen MR) is 241 cm³/mol. The number of imide groups is 1. The molecule has 3 aliphatic heterocycles. The number of anilines is 5. The number of rotatable bonds is 19. The first-order chi connectivity index (χ1) is 32.0. The Labute approximate surface area is 381 Å². The zero-order valence-corrected chi connectivity index (χ0v) is 37.3. The number of piperidine rings is 1. The van der Waals surface area contributed by atoms with Crippen molar-refractivity contribution in [3.8, 4) is 5.75 Å². The minimum absolute atomic E-state index is 0.0484. The zero-order valence-electron chi connectivity index (χ0n) is 37.3. The van der Waals surface area contributed by atoms with Crippen molar-refractivity contribution in [2.24, 2.45) is 0 Å². The molecule has 2 fully saturated rings. The lowest BCUT2D eigenvalue weighted by atomic mass is 10.0. The number of methoxy groups -OCH3 is 1. The zero-order chi connectivity index (χ0) is 46.3. The van der Waals surface area contributed by atoms with Crippen molar-refractivity contribution in [2.45, 2.75) is 96.1 Å². The van der Waals surface area contributed by atoms with Crippen LogP contribution in [0.3, 0.4) is 0 Å². The van der Waals surface area contributed by atoms with Gasteiger partial charge in [0.15, 0.2) is 5.82 Å². The molecule has 2 aromatic heterocycles. The number of amides is 6. The molecule has 2 aromatic carbocycles. The number of hydrogen-bond acceptors (Lipinski definition) is 15. The largest absolute Gasteiger partial charge is 0.495 e. The van der Waals surface area contributed by atoms with Gasteiger partial charge < -0.3 is 45.4 Å². The second kappa shape index (κ2) is 20.4. The molecular formula is C45H55N13O8. The molecular weight excluding hydrogens is 851 g/mol. The Hall–Kier alpha value is -7.00. The summed E-state index contributed by atoms with van der Waals surface area (Å²) in [5.74, 6) is -0.126. The second-order valence-corrected chi connectivity index (χ2v) is 16.7. The summed E-state index contributed by atoms with van der Waals surface area (Å²) >= 11 is 0. The molecule has 0 spiro atoms. The number of nitrogens with one attached hydrogen (secondary N) is 5. The third-order valence-corrected chi connectivity index (χ3v) is 12.4. The van der Waals surface area contributed by atoms with E-state index in [0.717, 1.165) is 31.5 Å². The van der Waals surface area contributed by atoms with Gasteiger partial charge >= 0.3 is 0 Å². The minimum Gasteiger partial charge on any atom is -0.495 e. The summed E-state index contributed by atoms with van der Waals surface area (Å²) < 4.78 is 13.0. The Morgan fingerprint density at radius 1 is 1.00 bits per heavy atom. The molecule has 21 heteroatoms. The van der Waals surface area contributed by atoms with Gasteiger partial charge in [-0.15, -0.1) is 5.10 Å². The molecule has 4 aliphatic rings. The SMILES string of the molecule is CC[C@@H]1C(=O)N(C)c2cnc(Nc3ccc(C(=O)NCc4cn(CCOCCNCCC(=O)Nc5cccc6c5CN(C5CCC(=O)NC5=O)C6=O)nn4)cc3OC)nc2N1C1CCCC1. The summed E-state index contributed by atoms with van der Waals surface area (Å²) in [6.07, 6.45) is 8.99. The van der Waals surface area contributed by atoms with Crippen LogP contribution >= 0.6 is 0 Å². The summed E-state index contributed by atoms with van der Waals surface area (Å²) in [7, 11) is 3.29. The molecule has 21 nitrogen and oxygen atoms in total. The fourth-order valence-corrected chi connectivity index (χ4v) is 8.95. The lowest BCUT2D eigenvalue weighted by Crippen LogP contribution is -2.55. The molecule has 1 saturated heterocycles. The predicted octanol–water partition coefficient (Wildman–Crippen LogP) is 2.65. The molecule has 1 aliphatic carbocycles. The molecule has 4 aromatic rings. The molecule has 0 bridgehead atoms. The Morgan fingerprint density at radius 2 is 1.83 bits per heavy atom. The van der Waals surface area contributed by atoms with Crippen LogP contribution in [0.1, 0.15) is 90.3 Å². The van der Waals surface area contributed by atoms with E-state index in [-0.39, 0.29) is 74.0 Å². The highest BCUT2D eigenvalue weighted by Crippen LogP contribution is 2.40. The van der Waals surface area contributed by atoms with E-state index < -0.39 is 11.9 Å². The van der Waals surface area contributed by atoms with Crippen LogP contribution in [0, 0.1) is 0 Å². The van der Waals surface area contributed by atoms with Gasteiger partial charge in [-0.3, -0.25) is 34.1 Å². The number of nitrogens with zero attached hydrogens (tertiary/aromatic N) is 8. The van der Waals surface area contributed by atoms with E-state index in [4.69, 9.17) is 14.5 Å². The maximum atomic E-state index is 13.3. The van der Waals surface area contributed by atoms with E-state index in [1.54, 1.807) is 65.4 Å². The number of ether oxygens (including phenoxy) is 2. The maximum absolute atomic E-state index is 13.3. The quantitative estimate of drug-likeness (QED) is 0.0671. The molecule has 5 heterocycles. The number of carbonyl (C=O) groups is 6. The fraction of sp³-hybridized carbons (Fsp3) is 0.467. The number of hydrogen-bond donors (Lipinski definition) is 5. The fourth-order valence-electron chi connectivity index (χ4n) is 8.95. The molecule has 348 valence electrons. The molecule has 8 rings (SSSR count). The van der Waals surface area contributed by atoms with E-state index >= 15 is 0 Å². The summed E-state index contributed by atoms with van der Waals surface area (Å²) in [6, 6.07) is 9.37. The first-order valence-electron chi connectivity index (χ1n) is 22.4. The number of aromatic nitrogens is 5. The van der Waals surface area contributed by atoms with Gasteiger partial charge in [0.25, 0.3) is 11.8 Å². The highest BCUT2D eigenvalue weighted by atomic mass is 16.5. The highest BCUT2D eigenvalue weighted by Gasteiger charge is 2.42. The monoisotopic (exact) mass is 905 g/mol. The van der Waals surface area contributed by atoms with Gasteiger partial charge in [-0.25, -0.2) is 9.67 Å². The number of likely N-dealkylation sites (N-methyl/N-ethyl adjacent to an activating group) is 1. The van der Waals surface area contributed by atoms with Gasteiger partial charge in [0.1, 0.15) is 29.2 Å². The average molecular weight is 906 g/mol. The Balaban J connectivity index is 0.738. The lowest BCUT2D eigenvalue weighted by Gasteiger charge is -2.43. The smallest absolute Gasteiger partial charge is 0.255 e. The van der Waals surface area contributed by atoms with E-state index in [2.05, 4.69) is 46.8 Å². The van der Waals surface area contributed by atoms with Crippen molar-refractivity contribution in [1.29, 1.82) is 0 Å². The molecule has 0 radical (unpaired) electrons. The van der Waals surface area contributed by atoms with Crippen LogP contribution in [0.25, 0.3) is 0 Å². The van der Waals surface area contributed by atoms with Crippen LogP contribution in [-0.2, 0) is 43.5 Å². The molecule has 66 heavy (non-hydrogen) atoms. The molecule has 1 saturated carbocycles. The normalized spacial score (nSPS) is 18.3. The van der Waals surface area contributed by atoms with Crippen LogP contribution in [0.15, 0.2) is 48.8 Å². The first kappa shape index (κ1) is 45.6. The van der Waals surface area contributed by atoms with Crippen molar-refractivity contribution in [1.82, 2.24) is 45.8 Å². The Morgan fingerprint density at radius 3 is 2.62 bits per heavy atom. The van der Waals surface area contributed by atoms with E-state index in [1.807, 2.05) is 6.92 Å². The van der Waals surface area contributed by atoms with Crippen LogP contribution in [-0.4, -0.2) is 124 Å². The van der Waals surface area contributed by atoms with Crippen molar-refractivity contribution in [2.75, 3.05) is 60.9 Å². The van der Waals surface area contributed by atoms with Gasteiger partial charge in [-0.2, -0.15) is 4.98 Å². The molecule has 1 unspecified atom stereocenters. The van der Waals surface area contributed by atoms with Gasteiger partial charge in [-0.1, -0.05) is 31.0 Å². The molecule has 6 amide bonds. The van der Waals surface area contributed by atoms with Gasteiger partial charge in [-0.05, 0) is 56.0 Å². The van der Waals surface area contributed by atoms with Crippen LogP contribution in [0.4, 0.5) is 28.8 Å². The highest BCUT2D eigenvalue weighted by molar-refractivity contribution is 6.07. The number of carbonyl (C=O) groups excluding carboxylic acids is 6. The third-order valence-electron chi connectivity index (χ3n) is 12.4. The Kier molecular flexibility index (Phi) is 14.1. The summed E-state index contributed by atoms with van der Waals surface area (Å²) in [6.45, 7) is 4.49. The number of fused-ring (bicyclic) bond motifs is 2. The topological polar surface area (TPSA) is 247 Å². The molecule has 5 N–H and O–H groups in total. The van der Waals surface area contributed by atoms with Crippen LogP contribution in [0.2, 0.25) is 0 Å². The standard InChI is InChI=1S/C45H55N13O8/c1-4-34-44(64)55(2)36-24-48-45(52-40(36)58(34)29-8-5-6-9-29)50-33-13-12-27(22-37(33)65-3)41(61)47-23-28-25-56(54-53-28)19-21-66-20-18-46-17-16-39(60)49-32-11-7-10-30-31(32)26-57(43(30)63)35-14-15-38(59)51-42(35)62/h7,10-13,22,24-25,29,34-35,46H,4-6,8-9,14-21,23,26H2,1-3H3,(H,47,61)(H,49,60)(H,48,50,52)(H,51,59,62)/t34-,35?/m1/s1. The lowest BCUT2D eigenvalue weighted by molar-refractivity contribution is -0.137. The van der Waals surface area contributed by atoms with Gasteiger partial charge in [0.2, 0.25) is 29.6 Å². The van der Waals surface area contributed by atoms with Crippen molar-refractivity contribution in [3.05, 3.63) is 71.2 Å². The van der Waals surface area contributed by atoms with Crippen molar-refractivity contribution >= 4 is 64.3 Å². The molecule has 2 atom stereocenters.